The van der Waals surface area contributed by atoms with E-state index in [1.165, 1.54) is 0 Å². The van der Waals surface area contributed by atoms with Crippen molar-refractivity contribution in [2.75, 3.05) is 23.9 Å². The van der Waals surface area contributed by atoms with Crippen molar-refractivity contribution >= 4 is 23.2 Å². The second-order valence-corrected chi connectivity index (χ2v) is 7.54. The van der Waals surface area contributed by atoms with E-state index < -0.39 is 5.92 Å². The number of hydrogen-bond acceptors (Lipinski definition) is 4. The number of nitrogens with zero attached hydrogens (tertiary/aromatic N) is 1. The summed E-state index contributed by atoms with van der Waals surface area (Å²) in [6.07, 6.45) is 0.187. The van der Waals surface area contributed by atoms with Crippen molar-refractivity contribution in [3.8, 4) is 17.2 Å². The topological polar surface area (TPSA) is 67.9 Å². The van der Waals surface area contributed by atoms with Gasteiger partial charge in [-0.3, -0.25) is 9.59 Å². The Morgan fingerprint density at radius 3 is 2.35 bits per heavy atom. The van der Waals surface area contributed by atoms with Crippen LogP contribution in [0.1, 0.15) is 12.0 Å². The molecule has 3 aromatic carbocycles. The van der Waals surface area contributed by atoms with Crippen molar-refractivity contribution in [1.29, 1.82) is 0 Å². The number of aryl methyl sites for hydroxylation is 1. The maximum Gasteiger partial charge on any atom is 0.229 e. The summed E-state index contributed by atoms with van der Waals surface area (Å²) >= 11 is 0. The smallest absolute Gasteiger partial charge is 0.229 e. The largest absolute Gasteiger partial charge is 0.497 e. The van der Waals surface area contributed by atoms with Crippen LogP contribution in [-0.4, -0.2) is 25.5 Å². The van der Waals surface area contributed by atoms with E-state index in [-0.39, 0.29) is 18.2 Å². The van der Waals surface area contributed by atoms with Gasteiger partial charge in [-0.05, 0) is 73.2 Å². The van der Waals surface area contributed by atoms with E-state index in [2.05, 4.69) is 5.32 Å². The molecule has 0 saturated carbocycles. The number of anilines is 2. The zero-order valence-corrected chi connectivity index (χ0v) is 17.5. The highest BCUT2D eigenvalue weighted by Crippen LogP contribution is 2.28. The van der Waals surface area contributed by atoms with E-state index in [1.807, 2.05) is 43.3 Å². The first-order valence-corrected chi connectivity index (χ1v) is 10.1. The fourth-order valence-corrected chi connectivity index (χ4v) is 3.56. The van der Waals surface area contributed by atoms with E-state index in [9.17, 15) is 9.59 Å². The van der Waals surface area contributed by atoms with Crippen LogP contribution in [0.5, 0.6) is 17.2 Å². The summed E-state index contributed by atoms with van der Waals surface area (Å²) in [6.45, 7) is 2.36. The molecule has 1 aliphatic rings. The van der Waals surface area contributed by atoms with E-state index >= 15 is 0 Å². The van der Waals surface area contributed by atoms with E-state index in [0.29, 0.717) is 18.0 Å². The molecule has 6 nitrogen and oxygen atoms in total. The maximum absolute atomic E-state index is 12.7. The third kappa shape index (κ3) is 4.86. The molecule has 1 N–H and O–H groups in total. The lowest BCUT2D eigenvalue weighted by atomic mass is 10.1. The van der Waals surface area contributed by atoms with Gasteiger partial charge in [-0.1, -0.05) is 12.1 Å². The first-order chi connectivity index (χ1) is 15.0. The molecule has 0 aliphatic carbocycles. The molecule has 1 aliphatic heterocycles. The highest BCUT2D eigenvalue weighted by molar-refractivity contribution is 6.03. The number of carbonyl (C=O) groups is 2. The van der Waals surface area contributed by atoms with Gasteiger partial charge < -0.3 is 19.7 Å². The van der Waals surface area contributed by atoms with Gasteiger partial charge in [0.2, 0.25) is 11.8 Å². The van der Waals surface area contributed by atoms with Crippen molar-refractivity contribution in [3.63, 3.8) is 0 Å². The molecular weight excluding hydrogens is 392 g/mol. The molecule has 2 amide bonds. The molecule has 0 bridgehead atoms. The number of benzene rings is 3. The Balaban J connectivity index is 1.36. The second-order valence-electron chi connectivity index (χ2n) is 7.54. The number of methoxy groups -OCH3 is 1. The average Bonchev–Trinajstić information content (AvgIpc) is 3.17. The number of hydrogen-bond donors (Lipinski definition) is 1. The minimum atomic E-state index is -0.405. The highest BCUT2D eigenvalue weighted by atomic mass is 16.5. The molecule has 0 aromatic heterocycles. The van der Waals surface area contributed by atoms with Crippen LogP contribution in [0.2, 0.25) is 0 Å². The summed E-state index contributed by atoms with van der Waals surface area (Å²) in [6, 6.07) is 22.3. The molecule has 1 unspecified atom stereocenters. The van der Waals surface area contributed by atoms with Crippen LogP contribution in [0.15, 0.2) is 72.8 Å². The third-order valence-corrected chi connectivity index (χ3v) is 5.23. The quantitative estimate of drug-likeness (QED) is 0.628. The van der Waals surface area contributed by atoms with Gasteiger partial charge >= 0.3 is 0 Å². The monoisotopic (exact) mass is 416 g/mol. The fourth-order valence-electron chi connectivity index (χ4n) is 3.56. The molecule has 0 spiro atoms. The van der Waals surface area contributed by atoms with Crippen LogP contribution in [0.4, 0.5) is 11.4 Å². The van der Waals surface area contributed by atoms with Gasteiger partial charge in [-0.25, -0.2) is 0 Å². The first kappa shape index (κ1) is 20.5. The maximum atomic E-state index is 12.7. The Morgan fingerprint density at radius 1 is 0.968 bits per heavy atom. The summed E-state index contributed by atoms with van der Waals surface area (Å²) < 4.78 is 11.0. The number of carbonyl (C=O) groups excluding carboxylic acids is 2. The van der Waals surface area contributed by atoms with Crippen LogP contribution in [-0.2, 0) is 9.59 Å². The summed E-state index contributed by atoms with van der Waals surface area (Å²) in [4.78, 5) is 26.8. The zero-order valence-electron chi connectivity index (χ0n) is 17.5. The Bertz CT molecular complexity index is 1080. The minimum absolute atomic E-state index is 0.0628. The second kappa shape index (κ2) is 8.92. The predicted molar refractivity (Wildman–Crippen MR) is 120 cm³/mol. The predicted octanol–water partition coefficient (Wildman–Crippen LogP) is 4.79. The Morgan fingerprint density at radius 2 is 1.68 bits per heavy atom. The number of nitrogens with one attached hydrogen (secondary N) is 1. The summed E-state index contributed by atoms with van der Waals surface area (Å²) in [5.74, 6) is 1.53. The Labute approximate surface area is 181 Å². The molecule has 31 heavy (non-hydrogen) atoms. The standard InChI is InChI=1S/C25H24N2O4/c1-17-4-3-5-23(14-17)31-22-10-6-19(7-11-22)26-25(29)18-15-24(28)27(16-18)20-8-12-21(30-2)13-9-20/h3-14,18H,15-16H2,1-2H3,(H,26,29). The van der Waals surface area contributed by atoms with Gasteiger partial charge in [0.25, 0.3) is 0 Å². The lowest BCUT2D eigenvalue weighted by molar-refractivity contribution is -0.122. The van der Waals surface area contributed by atoms with Gasteiger partial charge in [-0.2, -0.15) is 0 Å². The average molecular weight is 416 g/mol. The van der Waals surface area contributed by atoms with Gasteiger partial charge in [0.15, 0.2) is 0 Å². The zero-order chi connectivity index (χ0) is 21.8. The van der Waals surface area contributed by atoms with Crippen LogP contribution in [0, 0.1) is 12.8 Å². The molecule has 4 rings (SSSR count). The lowest BCUT2D eigenvalue weighted by Crippen LogP contribution is -2.28. The molecule has 1 fully saturated rings. The molecule has 158 valence electrons. The fraction of sp³-hybridized carbons (Fsp3) is 0.200. The molecule has 0 radical (unpaired) electrons. The number of amides is 2. The van der Waals surface area contributed by atoms with E-state index in [1.54, 1.807) is 48.4 Å². The highest BCUT2D eigenvalue weighted by Gasteiger charge is 2.35. The van der Waals surface area contributed by atoms with E-state index in [0.717, 1.165) is 22.7 Å². The van der Waals surface area contributed by atoms with Crippen molar-refractivity contribution < 1.29 is 19.1 Å². The molecule has 1 saturated heterocycles. The van der Waals surface area contributed by atoms with Crippen molar-refractivity contribution in [2.45, 2.75) is 13.3 Å². The SMILES string of the molecule is COc1ccc(N2CC(C(=O)Nc3ccc(Oc4cccc(C)c4)cc3)CC2=O)cc1. The van der Waals surface area contributed by atoms with Gasteiger partial charge in [0, 0.05) is 24.3 Å². The van der Waals surface area contributed by atoms with Crippen LogP contribution < -0.4 is 19.7 Å². The minimum Gasteiger partial charge on any atom is -0.497 e. The van der Waals surface area contributed by atoms with Crippen LogP contribution in [0.3, 0.4) is 0 Å². The third-order valence-electron chi connectivity index (χ3n) is 5.23. The van der Waals surface area contributed by atoms with Crippen molar-refractivity contribution in [3.05, 3.63) is 78.4 Å². The summed E-state index contributed by atoms with van der Waals surface area (Å²) in [7, 11) is 1.59. The molecule has 1 atom stereocenters. The summed E-state index contributed by atoms with van der Waals surface area (Å²) in [5, 5.41) is 2.90. The Hall–Kier alpha value is -3.80. The normalized spacial score (nSPS) is 15.6. The first-order valence-electron chi connectivity index (χ1n) is 10.1. The number of ether oxygens (including phenoxy) is 2. The molecule has 1 heterocycles. The molecule has 3 aromatic rings. The van der Waals surface area contributed by atoms with Crippen LogP contribution >= 0.6 is 0 Å². The Kier molecular flexibility index (Phi) is 5.89. The van der Waals surface area contributed by atoms with Gasteiger partial charge in [0.1, 0.15) is 17.2 Å². The molecule has 6 heteroatoms. The van der Waals surface area contributed by atoms with Crippen molar-refractivity contribution in [1.82, 2.24) is 0 Å². The van der Waals surface area contributed by atoms with Crippen LogP contribution in [0.25, 0.3) is 0 Å². The summed E-state index contributed by atoms with van der Waals surface area (Å²) in [5.41, 5.74) is 2.55. The van der Waals surface area contributed by atoms with Gasteiger partial charge in [0.05, 0.1) is 13.0 Å². The lowest BCUT2D eigenvalue weighted by Gasteiger charge is -2.17. The van der Waals surface area contributed by atoms with Gasteiger partial charge in [-0.15, -0.1) is 0 Å². The van der Waals surface area contributed by atoms with E-state index in [4.69, 9.17) is 9.47 Å². The number of rotatable bonds is 6. The van der Waals surface area contributed by atoms with Crippen molar-refractivity contribution in [2.24, 2.45) is 5.92 Å². The molecular formula is C25H24N2O4.